The molecule has 0 rings (SSSR count). The molecule has 0 unspecified atom stereocenters. The molecule has 0 N–H and O–H groups in total. The molecule has 0 bridgehead atoms. The number of halogens is 1. The summed E-state index contributed by atoms with van der Waals surface area (Å²) < 4.78 is 1.12. The van der Waals surface area contributed by atoms with E-state index >= 15 is 0 Å². The molecular formula is C35H57I. The molecule has 204 valence electrons. The van der Waals surface area contributed by atoms with Crippen molar-refractivity contribution in [1.82, 2.24) is 0 Å². The normalized spacial score (nSPS) is 14.5. The number of hydrogen-bond acceptors (Lipinski definition) is 0. The Kier molecular flexibility index (Phi) is 22.4. The van der Waals surface area contributed by atoms with Gasteiger partial charge in [0.1, 0.15) is 0 Å². The van der Waals surface area contributed by atoms with Gasteiger partial charge >= 0.3 is 0 Å². The Hall–Kier alpha value is -1.09. The Morgan fingerprint density at radius 2 is 0.583 bits per heavy atom. The summed E-state index contributed by atoms with van der Waals surface area (Å²) >= 11 is 2.42. The minimum Gasteiger partial charge on any atom is -0.0856 e. The zero-order valence-electron chi connectivity index (χ0n) is 25.1. The van der Waals surface area contributed by atoms with Crippen molar-refractivity contribution in [1.29, 1.82) is 0 Å². The summed E-state index contributed by atoms with van der Waals surface area (Å²) in [6, 6.07) is 0. The van der Waals surface area contributed by atoms with Gasteiger partial charge in [-0.05, 0) is 132 Å². The van der Waals surface area contributed by atoms with Crippen LogP contribution in [0, 0.1) is 0 Å². The lowest BCUT2D eigenvalue weighted by molar-refractivity contribution is 0.883. The van der Waals surface area contributed by atoms with E-state index in [-0.39, 0.29) is 0 Å². The predicted octanol–water partition coefficient (Wildman–Crippen LogP) is 12.7. The van der Waals surface area contributed by atoms with Gasteiger partial charge in [0.25, 0.3) is 0 Å². The number of allylic oxidation sites excluding steroid dienone is 14. The molecule has 0 spiro atoms. The SMILES string of the molecule is CC(C)=CCCC(C)=CCCC(C)=CCCC(C)=CCC/C(C)=C/CCC(C)=CCC/C(C)=C/CI. The molecule has 36 heavy (non-hydrogen) atoms. The zero-order chi connectivity index (χ0) is 27.2. The fraction of sp³-hybridized carbons (Fsp3) is 0.600. The van der Waals surface area contributed by atoms with Gasteiger partial charge in [0.15, 0.2) is 0 Å². The highest BCUT2D eigenvalue weighted by molar-refractivity contribution is 14.1. The van der Waals surface area contributed by atoms with Crippen LogP contribution in [-0.2, 0) is 0 Å². The Morgan fingerprint density at radius 1 is 0.361 bits per heavy atom. The number of hydrogen-bond donors (Lipinski definition) is 0. The lowest BCUT2D eigenvalue weighted by atomic mass is 10.0. The highest BCUT2D eigenvalue weighted by Crippen LogP contribution is 2.16. The highest BCUT2D eigenvalue weighted by atomic mass is 127. The predicted molar refractivity (Wildman–Crippen MR) is 176 cm³/mol. The Balaban J connectivity index is 4.14. The standard InChI is InChI=1S/C35H57I/c1-29(2)15-9-16-30(3)17-10-18-31(4)19-11-20-32(5)21-12-22-33(6)23-13-24-34(7)25-14-26-35(8)27-28-36/h15,17,19,21,23,25,27H,9-14,16,18,20,22,24,26,28H2,1-8H3/b30-17?,31-19?,32-21?,33-23+,34-25?,35-27+. The molecule has 0 aliphatic rings. The van der Waals surface area contributed by atoms with Crippen molar-refractivity contribution in [3.8, 4) is 0 Å². The van der Waals surface area contributed by atoms with Crippen molar-refractivity contribution in [2.75, 3.05) is 4.43 Å². The van der Waals surface area contributed by atoms with E-state index in [0.717, 1.165) is 4.43 Å². The average molecular weight is 605 g/mol. The van der Waals surface area contributed by atoms with Crippen LogP contribution in [0.1, 0.15) is 132 Å². The van der Waals surface area contributed by atoms with E-state index in [0.29, 0.717) is 0 Å². The molecule has 0 aromatic heterocycles. The summed E-state index contributed by atoms with van der Waals surface area (Å²) in [4.78, 5) is 0. The van der Waals surface area contributed by atoms with Gasteiger partial charge in [0.05, 0.1) is 0 Å². The average Bonchev–Trinajstić information content (AvgIpc) is 2.79. The largest absolute Gasteiger partial charge is 0.0856 e. The van der Waals surface area contributed by atoms with Crippen LogP contribution in [0.2, 0.25) is 0 Å². The molecule has 0 heterocycles. The van der Waals surface area contributed by atoms with Gasteiger partial charge in [-0.25, -0.2) is 0 Å². The zero-order valence-corrected chi connectivity index (χ0v) is 27.3. The van der Waals surface area contributed by atoms with Crippen LogP contribution in [0.25, 0.3) is 0 Å². The van der Waals surface area contributed by atoms with E-state index in [2.05, 4.69) is 121 Å². The molecular weight excluding hydrogens is 547 g/mol. The topological polar surface area (TPSA) is 0 Å². The smallest absolute Gasteiger partial charge is 0.0178 e. The second kappa shape index (κ2) is 23.1. The summed E-state index contributed by atoms with van der Waals surface area (Å²) in [6.45, 7) is 18.1. The van der Waals surface area contributed by atoms with Gasteiger partial charge in [-0.15, -0.1) is 0 Å². The van der Waals surface area contributed by atoms with Gasteiger partial charge in [-0.3, -0.25) is 0 Å². The molecule has 0 aliphatic carbocycles. The van der Waals surface area contributed by atoms with Gasteiger partial charge in [-0.1, -0.05) is 104 Å². The molecule has 0 aliphatic heterocycles. The van der Waals surface area contributed by atoms with Crippen LogP contribution in [0.3, 0.4) is 0 Å². The van der Waals surface area contributed by atoms with E-state index < -0.39 is 0 Å². The van der Waals surface area contributed by atoms with Gasteiger partial charge in [0, 0.05) is 4.43 Å². The Bertz CT molecular complexity index is 804. The maximum absolute atomic E-state index is 2.45. The van der Waals surface area contributed by atoms with Crippen LogP contribution >= 0.6 is 22.6 Å². The first-order chi connectivity index (χ1) is 17.1. The molecule has 0 saturated carbocycles. The van der Waals surface area contributed by atoms with Crippen molar-refractivity contribution < 1.29 is 0 Å². The van der Waals surface area contributed by atoms with Gasteiger partial charge < -0.3 is 0 Å². The maximum Gasteiger partial charge on any atom is 0.0178 e. The Morgan fingerprint density at radius 3 is 0.806 bits per heavy atom. The number of alkyl halides is 1. The summed E-state index contributed by atoms with van der Waals surface area (Å²) in [6.07, 6.45) is 31.1. The number of rotatable bonds is 19. The maximum atomic E-state index is 2.45. The van der Waals surface area contributed by atoms with E-state index in [1.165, 1.54) is 116 Å². The molecule has 0 saturated heterocycles. The summed E-state index contributed by atoms with van der Waals surface area (Å²) in [5.41, 5.74) is 10.6. The van der Waals surface area contributed by atoms with Crippen molar-refractivity contribution in [2.45, 2.75) is 132 Å². The lowest BCUT2D eigenvalue weighted by Crippen LogP contribution is -1.83. The molecule has 0 aromatic carbocycles. The quantitative estimate of drug-likeness (QED) is 0.0782. The first kappa shape index (κ1) is 34.9. The monoisotopic (exact) mass is 604 g/mol. The minimum atomic E-state index is 1.12. The van der Waals surface area contributed by atoms with E-state index in [1.807, 2.05) is 0 Å². The highest BCUT2D eigenvalue weighted by Gasteiger charge is 1.96. The Labute approximate surface area is 240 Å². The molecule has 0 radical (unpaired) electrons. The van der Waals surface area contributed by atoms with Crippen LogP contribution in [0.5, 0.6) is 0 Å². The molecule has 0 amide bonds. The van der Waals surface area contributed by atoms with Crippen LogP contribution < -0.4 is 0 Å². The van der Waals surface area contributed by atoms with Crippen LogP contribution in [0.15, 0.2) is 81.5 Å². The molecule has 0 fully saturated rings. The van der Waals surface area contributed by atoms with Crippen molar-refractivity contribution in [2.24, 2.45) is 0 Å². The first-order valence-corrected chi connectivity index (χ1v) is 15.8. The van der Waals surface area contributed by atoms with Crippen molar-refractivity contribution in [3.05, 3.63) is 81.5 Å². The van der Waals surface area contributed by atoms with Crippen molar-refractivity contribution >= 4 is 22.6 Å². The van der Waals surface area contributed by atoms with E-state index in [9.17, 15) is 0 Å². The third-order valence-corrected chi connectivity index (χ3v) is 7.11. The van der Waals surface area contributed by atoms with Gasteiger partial charge in [-0.2, -0.15) is 0 Å². The molecule has 0 nitrogen and oxygen atoms in total. The molecule has 0 aromatic rings. The van der Waals surface area contributed by atoms with Crippen LogP contribution in [-0.4, -0.2) is 4.43 Å². The van der Waals surface area contributed by atoms with Gasteiger partial charge in [0.2, 0.25) is 0 Å². The van der Waals surface area contributed by atoms with E-state index in [4.69, 9.17) is 0 Å². The summed E-state index contributed by atoms with van der Waals surface area (Å²) in [5.74, 6) is 0. The third-order valence-electron chi connectivity index (χ3n) is 6.67. The summed E-state index contributed by atoms with van der Waals surface area (Å²) in [7, 11) is 0. The minimum absolute atomic E-state index is 1.12. The first-order valence-electron chi connectivity index (χ1n) is 14.3. The molecule has 0 atom stereocenters. The van der Waals surface area contributed by atoms with Crippen molar-refractivity contribution in [3.63, 3.8) is 0 Å². The second-order valence-electron chi connectivity index (χ2n) is 11.0. The third kappa shape index (κ3) is 23.3. The lowest BCUT2D eigenvalue weighted by Gasteiger charge is -2.04. The summed E-state index contributed by atoms with van der Waals surface area (Å²) in [5, 5.41) is 0. The second-order valence-corrected chi connectivity index (χ2v) is 11.9. The molecule has 1 heteroatoms. The van der Waals surface area contributed by atoms with E-state index in [1.54, 1.807) is 0 Å². The fourth-order valence-electron chi connectivity index (χ4n) is 4.06. The van der Waals surface area contributed by atoms with Crippen LogP contribution in [0.4, 0.5) is 0 Å². The fourth-order valence-corrected chi connectivity index (χ4v) is 4.82.